The Kier molecular flexibility index (Phi) is 4.24. The molecule has 0 radical (unpaired) electrons. The van der Waals surface area contributed by atoms with Crippen LogP contribution in [-0.4, -0.2) is 26.9 Å². The molecule has 7 nitrogen and oxygen atoms in total. The number of nitrogens with one attached hydrogen (secondary N) is 2. The molecule has 2 rings (SSSR count). The van der Waals surface area contributed by atoms with E-state index in [1.165, 1.54) is 25.2 Å². The molecule has 1 fully saturated rings. The molecular formula is C12H17N3O4S. The van der Waals surface area contributed by atoms with Crippen LogP contribution in [0.5, 0.6) is 0 Å². The lowest BCUT2D eigenvalue weighted by Gasteiger charge is -2.09. The van der Waals surface area contributed by atoms with E-state index < -0.39 is 20.6 Å². The molecule has 0 heterocycles. The van der Waals surface area contributed by atoms with Crippen LogP contribution in [0.3, 0.4) is 0 Å². The molecule has 0 saturated heterocycles. The predicted octanol–water partition coefficient (Wildman–Crippen LogP) is 1.71. The van der Waals surface area contributed by atoms with Crippen LogP contribution < -0.4 is 10.0 Å². The fraction of sp³-hybridized carbons (Fsp3) is 0.500. The molecule has 0 bridgehead atoms. The third kappa shape index (κ3) is 3.26. The number of hydrogen-bond acceptors (Lipinski definition) is 5. The fourth-order valence-electron chi connectivity index (χ4n) is 2.01. The largest absolute Gasteiger partial charge is 0.383 e. The van der Waals surface area contributed by atoms with Crippen molar-refractivity contribution < 1.29 is 13.3 Å². The summed E-state index contributed by atoms with van der Waals surface area (Å²) in [6, 6.07) is 4.20. The number of nitro benzene ring substituents is 1. The lowest BCUT2D eigenvalue weighted by molar-refractivity contribution is -0.386. The van der Waals surface area contributed by atoms with E-state index >= 15 is 0 Å². The molecule has 0 aliphatic heterocycles. The average Bonchev–Trinajstić information content (AvgIpc) is 3.21. The smallest absolute Gasteiger partial charge is 0.312 e. The van der Waals surface area contributed by atoms with E-state index in [0.717, 1.165) is 19.3 Å². The van der Waals surface area contributed by atoms with Gasteiger partial charge >= 0.3 is 5.69 Å². The van der Waals surface area contributed by atoms with Crippen molar-refractivity contribution in [2.24, 2.45) is 5.92 Å². The first-order valence-corrected chi connectivity index (χ1v) is 7.89. The van der Waals surface area contributed by atoms with Gasteiger partial charge in [-0.3, -0.25) is 10.1 Å². The second-order valence-corrected chi connectivity index (χ2v) is 6.52. The number of nitrogens with zero attached hydrogens (tertiary/aromatic N) is 1. The van der Waals surface area contributed by atoms with Crippen LogP contribution in [0.15, 0.2) is 23.1 Å². The number of hydrogen-bond donors (Lipinski definition) is 2. The van der Waals surface area contributed by atoms with Gasteiger partial charge in [0.05, 0.1) is 4.92 Å². The third-order valence-electron chi connectivity index (χ3n) is 3.28. The van der Waals surface area contributed by atoms with Crippen LogP contribution in [0.25, 0.3) is 0 Å². The molecule has 1 aromatic carbocycles. The Balaban J connectivity index is 2.27. The number of benzene rings is 1. The first-order chi connectivity index (χ1) is 9.45. The van der Waals surface area contributed by atoms with Crippen molar-refractivity contribution in [2.75, 3.05) is 18.9 Å². The van der Waals surface area contributed by atoms with E-state index in [4.69, 9.17) is 0 Å². The maximum atomic E-state index is 12.2. The highest BCUT2D eigenvalue weighted by molar-refractivity contribution is 7.89. The minimum absolute atomic E-state index is 0.181. The lowest BCUT2D eigenvalue weighted by atomic mass is 10.3. The summed E-state index contributed by atoms with van der Waals surface area (Å²) in [6.45, 7) is 0.313. The van der Waals surface area contributed by atoms with Gasteiger partial charge < -0.3 is 5.32 Å². The molecule has 20 heavy (non-hydrogen) atoms. The molecule has 0 amide bonds. The number of para-hydroxylation sites is 1. The molecule has 0 atom stereocenters. The number of rotatable bonds is 7. The Morgan fingerprint density at radius 2 is 2.10 bits per heavy atom. The van der Waals surface area contributed by atoms with Crippen molar-refractivity contribution in [2.45, 2.75) is 24.2 Å². The van der Waals surface area contributed by atoms with Crippen LogP contribution in [-0.2, 0) is 10.0 Å². The van der Waals surface area contributed by atoms with Crippen molar-refractivity contribution in [3.05, 3.63) is 28.3 Å². The summed E-state index contributed by atoms with van der Waals surface area (Å²) in [5, 5.41) is 13.8. The topological polar surface area (TPSA) is 101 Å². The van der Waals surface area contributed by atoms with Gasteiger partial charge in [0.1, 0.15) is 5.69 Å². The molecule has 2 N–H and O–H groups in total. The Bertz CT molecular complexity index is 611. The Morgan fingerprint density at radius 1 is 1.40 bits per heavy atom. The van der Waals surface area contributed by atoms with Crippen LogP contribution in [0, 0.1) is 16.0 Å². The van der Waals surface area contributed by atoms with Gasteiger partial charge in [0.25, 0.3) is 0 Å². The molecule has 0 spiro atoms. The summed E-state index contributed by atoms with van der Waals surface area (Å²) in [5.74, 6) is 0.594. The predicted molar refractivity (Wildman–Crippen MR) is 75.2 cm³/mol. The molecule has 1 aliphatic rings. The number of anilines is 1. The van der Waals surface area contributed by atoms with Gasteiger partial charge in [-0.25, -0.2) is 13.1 Å². The quantitative estimate of drug-likeness (QED) is 0.589. The minimum atomic E-state index is -3.87. The van der Waals surface area contributed by atoms with E-state index in [0.29, 0.717) is 12.5 Å². The van der Waals surface area contributed by atoms with E-state index in [1.54, 1.807) is 0 Å². The lowest BCUT2D eigenvalue weighted by Crippen LogP contribution is -2.26. The zero-order valence-corrected chi connectivity index (χ0v) is 11.9. The Morgan fingerprint density at radius 3 is 2.65 bits per heavy atom. The van der Waals surface area contributed by atoms with Crippen LogP contribution in [0.1, 0.15) is 19.3 Å². The molecule has 110 valence electrons. The zero-order chi connectivity index (χ0) is 14.8. The Hall–Kier alpha value is -1.67. The number of sulfonamides is 1. The number of nitro groups is 1. The normalized spacial score (nSPS) is 15.1. The molecule has 8 heteroatoms. The third-order valence-corrected chi connectivity index (χ3v) is 4.77. The van der Waals surface area contributed by atoms with E-state index in [9.17, 15) is 18.5 Å². The monoisotopic (exact) mass is 299 g/mol. The van der Waals surface area contributed by atoms with Gasteiger partial charge in [-0.15, -0.1) is 0 Å². The highest BCUT2D eigenvalue weighted by Gasteiger charge is 2.29. The highest BCUT2D eigenvalue weighted by atomic mass is 32.2. The van der Waals surface area contributed by atoms with Crippen LogP contribution >= 0.6 is 0 Å². The van der Waals surface area contributed by atoms with Crippen LogP contribution in [0.2, 0.25) is 0 Å². The molecule has 1 aromatic rings. The van der Waals surface area contributed by atoms with E-state index in [1.807, 2.05) is 0 Å². The fourth-order valence-corrected chi connectivity index (χ4v) is 3.25. The van der Waals surface area contributed by atoms with Gasteiger partial charge in [0, 0.05) is 13.6 Å². The average molecular weight is 299 g/mol. The molecule has 1 saturated carbocycles. The SMILES string of the molecule is CNc1cccc(S(=O)(=O)NCCC2CC2)c1[N+](=O)[O-]. The summed E-state index contributed by atoms with van der Waals surface area (Å²) in [6.07, 6.45) is 3.05. The van der Waals surface area contributed by atoms with Crippen molar-refractivity contribution in [3.63, 3.8) is 0 Å². The van der Waals surface area contributed by atoms with E-state index in [-0.39, 0.29) is 10.6 Å². The van der Waals surface area contributed by atoms with Gasteiger partial charge in [-0.2, -0.15) is 0 Å². The summed E-state index contributed by atoms with van der Waals surface area (Å²) in [7, 11) is -2.35. The molecule has 1 aliphatic carbocycles. The maximum absolute atomic E-state index is 12.2. The van der Waals surface area contributed by atoms with E-state index in [2.05, 4.69) is 10.0 Å². The van der Waals surface area contributed by atoms with Gasteiger partial charge in [0.2, 0.25) is 10.0 Å². The van der Waals surface area contributed by atoms with Gasteiger partial charge in [-0.05, 0) is 24.5 Å². The molecular weight excluding hydrogens is 282 g/mol. The molecule has 0 aromatic heterocycles. The summed E-state index contributed by atoms with van der Waals surface area (Å²) < 4.78 is 26.8. The highest BCUT2D eigenvalue weighted by Crippen LogP contribution is 2.33. The van der Waals surface area contributed by atoms with Crippen molar-refractivity contribution in [1.82, 2.24) is 4.72 Å². The minimum Gasteiger partial charge on any atom is -0.383 e. The van der Waals surface area contributed by atoms with Crippen LogP contribution in [0.4, 0.5) is 11.4 Å². The summed E-state index contributed by atoms with van der Waals surface area (Å²) in [4.78, 5) is 10.1. The second kappa shape index (κ2) is 5.76. The van der Waals surface area contributed by atoms with Crippen molar-refractivity contribution in [1.29, 1.82) is 0 Å². The molecule has 0 unspecified atom stereocenters. The summed E-state index contributed by atoms with van der Waals surface area (Å²) >= 11 is 0. The van der Waals surface area contributed by atoms with Gasteiger partial charge in [0.15, 0.2) is 4.90 Å². The maximum Gasteiger partial charge on any atom is 0.312 e. The standard InChI is InChI=1S/C12H17N3O4S/c1-13-10-3-2-4-11(12(10)15(16)17)20(18,19)14-8-7-9-5-6-9/h2-4,9,13-14H,5-8H2,1H3. The van der Waals surface area contributed by atoms with Crippen molar-refractivity contribution in [3.8, 4) is 0 Å². The Labute approximate surface area is 117 Å². The second-order valence-electron chi connectivity index (χ2n) is 4.79. The zero-order valence-electron chi connectivity index (χ0n) is 11.1. The first-order valence-electron chi connectivity index (χ1n) is 6.40. The summed E-state index contributed by atoms with van der Waals surface area (Å²) in [5.41, 5.74) is -0.242. The first kappa shape index (κ1) is 14.7. The van der Waals surface area contributed by atoms with Gasteiger partial charge in [-0.1, -0.05) is 18.9 Å². The van der Waals surface area contributed by atoms with Crippen molar-refractivity contribution >= 4 is 21.4 Å².